The molecule has 0 bridgehead atoms. The van der Waals surface area contributed by atoms with Crippen molar-refractivity contribution >= 4 is 0 Å². The fourth-order valence-electron chi connectivity index (χ4n) is 2.58. The zero-order valence-corrected chi connectivity index (χ0v) is 13.0. The van der Waals surface area contributed by atoms with Crippen molar-refractivity contribution in [2.45, 2.75) is 20.0 Å². The Morgan fingerprint density at radius 3 is 2.82 bits per heavy atom. The molecule has 1 aromatic heterocycles. The molecule has 3 rings (SSSR count). The minimum absolute atomic E-state index is 0.293. The van der Waals surface area contributed by atoms with Crippen LogP contribution in [-0.2, 0) is 17.8 Å². The van der Waals surface area contributed by atoms with E-state index in [0.29, 0.717) is 13.4 Å². The van der Waals surface area contributed by atoms with E-state index in [1.54, 1.807) is 7.11 Å². The topological polar surface area (TPSA) is 44.1 Å². The van der Waals surface area contributed by atoms with Gasteiger partial charge in [0, 0.05) is 25.8 Å². The predicted molar refractivity (Wildman–Crippen MR) is 82.0 cm³/mol. The van der Waals surface area contributed by atoms with Crippen molar-refractivity contribution < 1.29 is 18.6 Å². The third kappa shape index (κ3) is 3.43. The molecule has 0 spiro atoms. The summed E-state index contributed by atoms with van der Waals surface area (Å²) in [6, 6.07) is 10.0. The fraction of sp³-hybridized carbons (Fsp3) is 0.412. The van der Waals surface area contributed by atoms with Gasteiger partial charge in [-0.3, -0.25) is 4.90 Å². The van der Waals surface area contributed by atoms with Crippen LogP contribution < -0.4 is 9.47 Å². The van der Waals surface area contributed by atoms with Crippen LogP contribution >= 0.6 is 0 Å². The van der Waals surface area contributed by atoms with E-state index in [1.807, 2.05) is 31.2 Å². The summed E-state index contributed by atoms with van der Waals surface area (Å²) >= 11 is 0. The highest BCUT2D eigenvalue weighted by Gasteiger charge is 2.19. The molecule has 0 fully saturated rings. The Kier molecular flexibility index (Phi) is 4.65. The molecule has 0 radical (unpaired) electrons. The molecule has 0 N–H and O–H groups in total. The van der Waals surface area contributed by atoms with E-state index in [4.69, 9.17) is 18.6 Å². The van der Waals surface area contributed by atoms with Gasteiger partial charge in [-0.25, -0.2) is 0 Å². The molecule has 5 nitrogen and oxygen atoms in total. The maximum absolute atomic E-state index is 5.69. The molecule has 0 unspecified atom stereocenters. The predicted octanol–water partition coefficient (Wildman–Crippen LogP) is 2.97. The summed E-state index contributed by atoms with van der Waals surface area (Å²) in [5, 5.41) is 0. The van der Waals surface area contributed by atoms with Crippen molar-refractivity contribution in [1.82, 2.24) is 4.90 Å². The normalized spacial score (nSPS) is 13.0. The Hall–Kier alpha value is -1.98. The van der Waals surface area contributed by atoms with Gasteiger partial charge in [0.25, 0.3) is 0 Å². The molecular weight excluding hydrogens is 282 g/mol. The van der Waals surface area contributed by atoms with Crippen LogP contribution in [0.5, 0.6) is 11.5 Å². The van der Waals surface area contributed by atoms with Crippen LogP contribution in [0.15, 0.2) is 34.7 Å². The fourth-order valence-corrected chi connectivity index (χ4v) is 2.58. The molecular formula is C17H21NO4. The van der Waals surface area contributed by atoms with Gasteiger partial charge < -0.3 is 18.6 Å². The van der Waals surface area contributed by atoms with Gasteiger partial charge in [-0.2, -0.15) is 0 Å². The second-order valence-electron chi connectivity index (χ2n) is 5.37. The van der Waals surface area contributed by atoms with Gasteiger partial charge in [-0.05, 0) is 25.1 Å². The lowest BCUT2D eigenvalue weighted by atomic mass is 10.1. The van der Waals surface area contributed by atoms with Crippen LogP contribution in [0.2, 0.25) is 0 Å². The first kappa shape index (κ1) is 14.9. The first-order valence-corrected chi connectivity index (χ1v) is 7.40. The van der Waals surface area contributed by atoms with Crippen molar-refractivity contribution in [3.05, 3.63) is 47.4 Å². The number of fused-ring (bicyclic) bond motifs is 1. The number of rotatable bonds is 7. The van der Waals surface area contributed by atoms with Gasteiger partial charge in [-0.15, -0.1) is 0 Å². The summed E-state index contributed by atoms with van der Waals surface area (Å²) in [5.74, 6) is 3.55. The lowest BCUT2D eigenvalue weighted by Crippen LogP contribution is -2.26. The smallest absolute Gasteiger partial charge is 0.231 e. The van der Waals surface area contributed by atoms with Crippen LogP contribution in [0.25, 0.3) is 0 Å². The minimum Gasteiger partial charge on any atom is -0.465 e. The van der Waals surface area contributed by atoms with Crippen LogP contribution in [0.4, 0.5) is 0 Å². The summed E-state index contributed by atoms with van der Waals surface area (Å²) in [7, 11) is 1.71. The number of hydrogen-bond acceptors (Lipinski definition) is 5. The molecule has 0 saturated carbocycles. The lowest BCUT2D eigenvalue weighted by Gasteiger charge is -2.21. The summed E-state index contributed by atoms with van der Waals surface area (Å²) in [6.45, 7) is 5.24. The molecule has 0 amide bonds. The maximum Gasteiger partial charge on any atom is 0.231 e. The molecule has 1 aliphatic heterocycles. The first-order chi connectivity index (χ1) is 10.8. The van der Waals surface area contributed by atoms with E-state index >= 15 is 0 Å². The summed E-state index contributed by atoms with van der Waals surface area (Å²) in [5.41, 5.74) is 1.12. The van der Waals surface area contributed by atoms with E-state index in [9.17, 15) is 0 Å². The van der Waals surface area contributed by atoms with Gasteiger partial charge in [0.1, 0.15) is 11.5 Å². The Morgan fingerprint density at radius 1 is 1.14 bits per heavy atom. The molecule has 5 heteroatoms. The summed E-state index contributed by atoms with van der Waals surface area (Å²) in [4.78, 5) is 2.28. The third-order valence-electron chi connectivity index (χ3n) is 3.66. The molecule has 22 heavy (non-hydrogen) atoms. The molecule has 2 aromatic rings. The molecule has 1 aromatic carbocycles. The zero-order valence-electron chi connectivity index (χ0n) is 13.0. The van der Waals surface area contributed by atoms with Crippen LogP contribution in [0.1, 0.15) is 17.1 Å². The van der Waals surface area contributed by atoms with Gasteiger partial charge >= 0.3 is 0 Å². The summed E-state index contributed by atoms with van der Waals surface area (Å²) in [6.07, 6.45) is 0. The second-order valence-corrected chi connectivity index (χ2v) is 5.37. The van der Waals surface area contributed by atoms with Gasteiger partial charge in [-0.1, -0.05) is 12.1 Å². The molecule has 0 atom stereocenters. The number of aryl methyl sites for hydroxylation is 1. The van der Waals surface area contributed by atoms with Gasteiger partial charge in [0.05, 0.1) is 13.2 Å². The van der Waals surface area contributed by atoms with E-state index in [2.05, 4.69) is 11.0 Å². The van der Waals surface area contributed by atoms with Crippen molar-refractivity contribution in [3.63, 3.8) is 0 Å². The zero-order chi connectivity index (χ0) is 15.4. The highest BCUT2D eigenvalue weighted by Crippen LogP contribution is 2.36. The molecule has 0 aliphatic carbocycles. The largest absolute Gasteiger partial charge is 0.465 e. The number of methoxy groups -OCH3 is 1. The van der Waals surface area contributed by atoms with Crippen molar-refractivity contribution in [2.75, 3.05) is 27.1 Å². The molecule has 0 saturated heterocycles. The van der Waals surface area contributed by atoms with Gasteiger partial charge in [0.15, 0.2) is 11.5 Å². The maximum atomic E-state index is 5.69. The average Bonchev–Trinajstić information content (AvgIpc) is 3.14. The number of para-hydroxylation sites is 1. The van der Waals surface area contributed by atoms with Crippen molar-refractivity contribution in [1.29, 1.82) is 0 Å². The minimum atomic E-state index is 0.293. The second kappa shape index (κ2) is 6.85. The van der Waals surface area contributed by atoms with Crippen molar-refractivity contribution in [3.8, 4) is 11.5 Å². The standard InChI is InChI=1S/C17H21NO4/c1-13-6-7-15(22-13)11-18(8-9-19-2)10-14-4-3-5-16-17(14)21-12-20-16/h3-7H,8-12H2,1-2H3. The Balaban J connectivity index is 1.73. The van der Waals surface area contributed by atoms with E-state index in [0.717, 1.165) is 48.2 Å². The van der Waals surface area contributed by atoms with Crippen molar-refractivity contribution in [2.24, 2.45) is 0 Å². The lowest BCUT2D eigenvalue weighted by molar-refractivity contribution is 0.133. The van der Waals surface area contributed by atoms with Crippen LogP contribution in [0.3, 0.4) is 0 Å². The number of hydrogen-bond donors (Lipinski definition) is 0. The van der Waals surface area contributed by atoms with Crippen LogP contribution in [-0.4, -0.2) is 32.0 Å². The van der Waals surface area contributed by atoms with E-state index in [1.165, 1.54) is 0 Å². The highest BCUT2D eigenvalue weighted by molar-refractivity contribution is 5.48. The van der Waals surface area contributed by atoms with E-state index in [-0.39, 0.29) is 0 Å². The molecule has 2 heterocycles. The first-order valence-electron chi connectivity index (χ1n) is 7.40. The number of nitrogens with zero attached hydrogens (tertiary/aromatic N) is 1. The van der Waals surface area contributed by atoms with E-state index < -0.39 is 0 Å². The SMILES string of the molecule is COCCN(Cc1ccc(C)o1)Cc1cccc2c1OCO2. The Morgan fingerprint density at radius 2 is 2.05 bits per heavy atom. The molecule has 1 aliphatic rings. The monoisotopic (exact) mass is 303 g/mol. The number of ether oxygens (including phenoxy) is 3. The number of benzene rings is 1. The molecule has 118 valence electrons. The average molecular weight is 303 g/mol. The summed E-state index contributed by atoms with van der Waals surface area (Å²) < 4.78 is 21.9. The van der Waals surface area contributed by atoms with Gasteiger partial charge in [0.2, 0.25) is 6.79 Å². The Labute approximate surface area is 130 Å². The van der Waals surface area contributed by atoms with Crippen LogP contribution in [0, 0.1) is 6.92 Å². The number of furan rings is 1. The Bertz CT molecular complexity index is 623. The third-order valence-corrected chi connectivity index (χ3v) is 3.66. The quantitative estimate of drug-likeness (QED) is 0.787. The highest BCUT2D eigenvalue weighted by atomic mass is 16.7.